The SMILES string of the molecule is COC(=O)c1ccc(NC(=O)c2n[nH]c3c2CNCC3)cc1C.Cl. The molecule has 2 heterocycles. The molecular formula is C16H19ClN4O3. The molecule has 1 aliphatic rings. The van der Waals surface area contributed by atoms with E-state index in [-0.39, 0.29) is 18.3 Å². The number of carbonyl (C=O) groups excluding carboxylic acids is 2. The molecule has 3 N–H and O–H groups in total. The van der Waals surface area contributed by atoms with E-state index in [0.717, 1.165) is 29.8 Å². The number of nitrogens with zero attached hydrogens (tertiary/aromatic N) is 1. The highest BCUT2D eigenvalue weighted by molar-refractivity contribution is 6.04. The predicted octanol–water partition coefficient (Wildman–Crippen LogP) is 1.82. The summed E-state index contributed by atoms with van der Waals surface area (Å²) in [7, 11) is 1.34. The quantitative estimate of drug-likeness (QED) is 0.734. The minimum atomic E-state index is -0.396. The van der Waals surface area contributed by atoms with Gasteiger partial charge in [-0.3, -0.25) is 9.89 Å². The predicted molar refractivity (Wildman–Crippen MR) is 91.7 cm³/mol. The summed E-state index contributed by atoms with van der Waals surface area (Å²) < 4.78 is 4.71. The van der Waals surface area contributed by atoms with Crippen LogP contribution in [0.3, 0.4) is 0 Å². The van der Waals surface area contributed by atoms with Gasteiger partial charge >= 0.3 is 5.97 Å². The van der Waals surface area contributed by atoms with E-state index in [4.69, 9.17) is 4.74 Å². The van der Waals surface area contributed by atoms with Crippen molar-refractivity contribution < 1.29 is 14.3 Å². The number of aromatic nitrogens is 2. The average molecular weight is 351 g/mol. The molecule has 8 heteroatoms. The van der Waals surface area contributed by atoms with Gasteiger partial charge in [0.2, 0.25) is 0 Å². The minimum Gasteiger partial charge on any atom is -0.465 e. The zero-order valence-corrected chi connectivity index (χ0v) is 14.3. The second-order valence-corrected chi connectivity index (χ2v) is 5.43. The highest BCUT2D eigenvalue weighted by atomic mass is 35.5. The lowest BCUT2D eigenvalue weighted by atomic mass is 10.1. The molecule has 1 aliphatic heterocycles. The number of aryl methyl sites for hydroxylation is 1. The topological polar surface area (TPSA) is 96.1 Å². The first-order valence-corrected chi connectivity index (χ1v) is 7.37. The Hall–Kier alpha value is -2.38. The Morgan fingerprint density at radius 1 is 1.33 bits per heavy atom. The summed E-state index contributed by atoms with van der Waals surface area (Å²) in [5.41, 5.74) is 4.15. The van der Waals surface area contributed by atoms with E-state index in [9.17, 15) is 9.59 Å². The molecule has 1 aromatic heterocycles. The van der Waals surface area contributed by atoms with Crippen molar-refractivity contribution in [3.8, 4) is 0 Å². The summed E-state index contributed by atoms with van der Waals surface area (Å²) in [6.07, 6.45) is 0.836. The van der Waals surface area contributed by atoms with E-state index in [0.29, 0.717) is 23.5 Å². The van der Waals surface area contributed by atoms with E-state index in [2.05, 4.69) is 20.8 Å². The number of carbonyl (C=O) groups is 2. The van der Waals surface area contributed by atoms with Gasteiger partial charge in [0.25, 0.3) is 5.91 Å². The maximum Gasteiger partial charge on any atom is 0.338 e. The zero-order chi connectivity index (χ0) is 16.4. The number of nitrogens with one attached hydrogen (secondary N) is 3. The maximum atomic E-state index is 12.4. The third kappa shape index (κ3) is 3.42. The fourth-order valence-corrected chi connectivity index (χ4v) is 2.68. The van der Waals surface area contributed by atoms with Crippen LogP contribution >= 0.6 is 12.4 Å². The van der Waals surface area contributed by atoms with Crippen molar-refractivity contribution in [2.45, 2.75) is 19.9 Å². The van der Waals surface area contributed by atoms with E-state index >= 15 is 0 Å². The van der Waals surface area contributed by atoms with Gasteiger partial charge in [-0.15, -0.1) is 12.4 Å². The van der Waals surface area contributed by atoms with Crippen LogP contribution in [0.5, 0.6) is 0 Å². The standard InChI is InChI=1S/C16H18N4O3.ClH/c1-9-7-10(3-4-11(9)16(22)23-2)18-15(21)14-12-8-17-6-5-13(12)19-20-14;/h3-4,7,17H,5-6,8H2,1-2H3,(H,18,21)(H,19,20);1H. The second kappa shape index (κ2) is 7.46. The molecule has 0 bridgehead atoms. The number of aromatic amines is 1. The van der Waals surface area contributed by atoms with Crippen molar-refractivity contribution >= 4 is 30.0 Å². The summed E-state index contributed by atoms with van der Waals surface area (Å²) in [4.78, 5) is 24.0. The second-order valence-electron chi connectivity index (χ2n) is 5.43. The number of H-pyrrole nitrogens is 1. The summed E-state index contributed by atoms with van der Waals surface area (Å²) in [5.74, 6) is -0.663. The smallest absolute Gasteiger partial charge is 0.338 e. The summed E-state index contributed by atoms with van der Waals surface area (Å²) in [6.45, 7) is 3.31. The van der Waals surface area contributed by atoms with E-state index in [1.54, 1.807) is 25.1 Å². The highest BCUT2D eigenvalue weighted by Crippen LogP contribution is 2.19. The zero-order valence-electron chi connectivity index (χ0n) is 13.4. The van der Waals surface area contributed by atoms with Crippen molar-refractivity contribution in [1.29, 1.82) is 0 Å². The summed E-state index contributed by atoms with van der Waals surface area (Å²) in [5, 5.41) is 13.1. The molecule has 128 valence electrons. The Morgan fingerprint density at radius 3 is 2.83 bits per heavy atom. The first-order valence-electron chi connectivity index (χ1n) is 7.37. The van der Waals surface area contributed by atoms with Gasteiger partial charge < -0.3 is 15.4 Å². The van der Waals surface area contributed by atoms with Gasteiger partial charge in [-0.25, -0.2) is 4.79 Å². The number of ether oxygens (including phenoxy) is 1. The molecule has 1 aromatic carbocycles. The number of esters is 1. The van der Waals surface area contributed by atoms with Crippen molar-refractivity contribution in [3.05, 3.63) is 46.3 Å². The number of hydrogen-bond acceptors (Lipinski definition) is 5. The molecule has 0 saturated heterocycles. The van der Waals surface area contributed by atoms with Gasteiger partial charge in [0.05, 0.1) is 12.7 Å². The van der Waals surface area contributed by atoms with Gasteiger partial charge in [0, 0.05) is 36.5 Å². The van der Waals surface area contributed by atoms with E-state index < -0.39 is 5.97 Å². The summed E-state index contributed by atoms with van der Waals surface area (Å²) >= 11 is 0. The van der Waals surface area contributed by atoms with Crippen LogP contribution in [-0.4, -0.2) is 35.7 Å². The van der Waals surface area contributed by atoms with Crippen molar-refractivity contribution in [1.82, 2.24) is 15.5 Å². The van der Waals surface area contributed by atoms with Gasteiger partial charge in [-0.1, -0.05) is 0 Å². The number of amides is 1. The molecular weight excluding hydrogens is 332 g/mol. The Labute approximate surface area is 145 Å². The molecule has 3 rings (SSSR count). The average Bonchev–Trinajstić information content (AvgIpc) is 2.98. The first-order chi connectivity index (χ1) is 11.1. The fraction of sp³-hybridized carbons (Fsp3) is 0.312. The fourth-order valence-electron chi connectivity index (χ4n) is 2.68. The molecule has 2 aromatic rings. The molecule has 0 spiro atoms. The van der Waals surface area contributed by atoms with Crippen molar-refractivity contribution in [2.75, 3.05) is 19.0 Å². The van der Waals surface area contributed by atoms with E-state index in [1.807, 2.05) is 0 Å². The van der Waals surface area contributed by atoms with Gasteiger partial charge in [-0.2, -0.15) is 5.10 Å². The molecule has 0 saturated carbocycles. The number of anilines is 1. The Bertz CT molecular complexity index is 773. The number of fused-ring (bicyclic) bond motifs is 1. The molecule has 0 atom stereocenters. The number of halogens is 1. The Kier molecular flexibility index (Phi) is 5.58. The van der Waals surface area contributed by atoms with Gasteiger partial charge in [0.15, 0.2) is 5.69 Å². The van der Waals surface area contributed by atoms with Gasteiger partial charge in [0.1, 0.15) is 0 Å². The lowest BCUT2D eigenvalue weighted by molar-refractivity contribution is 0.0600. The molecule has 24 heavy (non-hydrogen) atoms. The summed E-state index contributed by atoms with van der Waals surface area (Å²) in [6, 6.07) is 5.05. The molecule has 0 aliphatic carbocycles. The molecule has 0 radical (unpaired) electrons. The number of benzene rings is 1. The van der Waals surface area contributed by atoms with Crippen LogP contribution in [0.25, 0.3) is 0 Å². The minimum absolute atomic E-state index is 0. The van der Waals surface area contributed by atoms with Crippen LogP contribution in [0.2, 0.25) is 0 Å². The van der Waals surface area contributed by atoms with Crippen LogP contribution in [0.4, 0.5) is 5.69 Å². The Morgan fingerprint density at radius 2 is 2.12 bits per heavy atom. The third-order valence-corrected chi connectivity index (χ3v) is 3.91. The van der Waals surface area contributed by atoms with Crippen LogP contribution in [0.1, 0.15) is 37.7 Å². The van der Waals surface area contributed by atoms with Gasteiger partial charge in [-0.05, 0) is 30.7 Å². The number of methoxy groups -OCH3 is 1. The van der Waals surface area contributed by atoms with Crippen LogP contribution in [-0.2, 0) is 17.7 Å². The number of rotatable bonds is 3. The number of hydrogen-bond donors (Lipinski definition) is 3. The van der Waals surface area contributed by atoms with Crippen LogP contribution < -0.4 is 10.6 Å². The third-order valence-electron chi connectivity index (χ3n) is 3.91. The highest BCUT2D eigenvalue weighted by Gasteiger charge is 2.21. The molecule has 7 nitrogen and oxygen atoms in total. The lowest BCUT2D eigenvalue weighted by Gasteiger charge is -2.13. The maximum absolute atomic E-state index is 12.4. The lowest BCUT2D eigenvalue weighted by Crippen LogP contribution is -2.25. The molecule has 1 amide bonds. The van der Waals surface area contributed by atoms with E-state index in [1.165, 1.54) is 7.11 Å². The monoisotopic (exact) mass is 350 g/mol. The Balaban J connectivity index is 0.00000208. The van der Waals surface area contributed by atoms with Crippen molar-refractivity contribution in [3.63, 3.8) is 0 Å². The normalized spacial score (nSPS) is 12.8. The van der Waals surface area contributed by atoms with Crippen LogP contribution in [0, 0.1) is 6.92 Å². The van der Waals surface area contributed by atoms with Crippen molar-refractivity contribution in [2.24, 2.45) is 0 Å². The first kappa shape index (κ1) is 18.0. The molecule has 0 fully saturated rings. The molecule has 0 unspecified atom stereocenters. The largest absolute Gasteiger partial charge is 0.465 e. The van der Waals surface area contributed by atoms with Crippen LogP contribution in [0.15, 0.2) is 18.2 Å².